The van der Waals surface area contributed by atoms with Gasteiger partial charge in [-0.1, -0.05) is 6.92 Å². The Morgan fingerprint density at radius 2 is 2.00 bits per heavy atom. The summed E-state index contributed by atoms with van der Waals surface area (Å²) in [5.74, 6) is 0. The van der Waals surface area contributed by atoms with Crippen molar-refractivity contribution in [3.05, 3.63) is 18.7 Å². The summed E-state index contributed by atoms with van der Waals surface area (Å²) in [6.45, 7) is 5.70. The van der Waals surface area contributed by atoms with Crippen molar-refractivity contribution < 1.29 is 0 Å². The average molecular weight is 262 g/mol. The van der Waals surface area contributed by atoms with E-state index in [4.69, 9.17) is 0 Å². The lowest BCUT2D eigenvalue weighted by molar-refractivity contribution is 0.114. The van der Waals surface area contributed by atoms with Gasteiger partial charge in [0.1, 0.15) is 0 Å². The molecule has 0 radical (unpaired) electrons. The van der Waals surface area contributed by atoms with Crippen molar-refractivity contribution in [3.63, 3.8) is 0 Å². The van der Waals surface area contributed by atoms with Gasteiger partial charge in [-0.05, 0) is 38.6 Å². The summed E-state index contributed by atoms with van der Waals surface area (Å²) in [6.07, 6.45) is 12.6. The Bertz CT molecular complexity index is 362. The van der Waals surface area contributed by atoms with Gasteiger partial charge in [0.2, 0.25) is 0 Å². The maximum Gasteiger partial charge on any atom is 0.0945 e. The fourth-order valence-corrected chi connectivity index (χ4v) is 3.95. The fourth-order valence-electron chi connectivity index (χ4n) is 3.95. The van der Waals surface area contributed by atoms with Crippen molar-refractivity contribution in [2.24, 2.45) is 0 Å². The van der Waals surface area contributed by atoms with E-state index in [-0.39, 0.29) is 0 Å². The Morgan fingerprint density at radius 1 is 1.21 bits per heavy atom. The number of piperidine rings is 1. The van der Waals surface area contributed by atoms with Crippen LogP contribution in [0.1, 0.15) is 39.0 Å². The number of aromatic nitrogens is 2. The quantitative estimate of drug-likeness (QED) is 0.850. The largest absolute Gasteiger partial charge is 0.337 e. The smallest absolute Gasteiger partial charge is 0.0945 e. The van der Waals surface area contributed by atoms with E-state index in [1.165, 1.54) is 38.6 Å². The second-order valence-electron chi connectivity index (χ2n) is 6.00. The zero-order valence-electron chi connectivity index (χ0n) is 12.0. The Hall–Kier alpha value is -0.870. The van der Waals surface area contributed by atoms with Crippen LogP contribution in [0, 0.1) is 0 Å². The molecule has 1 aromatic heterocycles. The Morgan fingerprint density at radius 3 is 2.63 bits per heavy atom. The number of rotatable bonds is 6. The maximum absolute atomic E-state index is 4.10. The number of aryl methyl sites for hydroxylation is 1. The molecule has 4 nitrogen and oxygen atoms in total. The second-order valence-corrected chi connectivity index (χ2v) is 6.00. The van der Waals surface area contributed by atoms with Crippen LogP contribution in [0.25, 0.3) is 0 Å². The fraction of sp³-hybridized carbons (Fsp3) is 0.800. The van der Waals surface area contributed by atoms with E-state index < -0.39 is 0 Å². The predicted molar refractivity (Wildman–Crippen MR) is 77.1 cm³/mol. The highest BCUT2D eigenvalue weighted by atomic mass is 15.2. The van der Waals surface area contributed by atoms with Gasteiger partial charge in [0.15, 0.2) is 0 Å². The number of fused-ring (bicyclic) bond motifs is 2. The molecule has 4 heteroatoms. The minimum absolute atomic E-state index is 0.771. The highest BCUT2D eigenvalue weighted by molar-refractivity contribution is 4.97. The second kappa shape index (κ2) is 6.06. The lowest BCUT2D eigenvalue weighted by Gasteiger charge is -2.39. The zero-order valence-corrected chi connectivity index (χ0v) is 12.0. The molecule has 2 saturated heterocycles. The van der Waals surface area contributed by atoms with Gasteiger partial charge in [0.25, 0.3) is 0 Å². The van der Waals surface area contributed by atoms with Crippen molar-refractivity contribution in [2.45, 2.75) is 63.7 Å². The van der Waals surface area contributed by atoms with Crippen LogP contribution in [0.3, 0.4) is 0 Å². The van der Waals surface area contributed by atoms with Crippen molar-refractivity contribution in [1.29, 1.82) is 0 Å². The third-order valence-electron chi connectivity index (χ3n) is 4.77. The third kappa shape index (κ3) is 3.00. The summed E-state index contributed by atoms with van der Waals surface area (Å²) in [6, 6.07) is 2.45. The summed E-state index contributed by atoms with van der Waals surface area (Å²) in [5.41, 5.74) is 0. The molecule has 3 rings (SSSR count). The minimum Gasteiger partial charge on any atom is -0.337 e. The maximum atomic E-state index is 4.10. The number of nitrogens with one attached hydrogen (secondary N) is 1. The van der Waals surface area contributed by atoms with Crippen molar-refractivity contribution in [3.8, 4) is 0 Å². The summed E-state index contributed by atoms with van der Waals surface area (Å²) >= 11 is 0. The van der Waals surface area contributed by atoms with E-state index in [1.807, 2.05) is 12.5 Å². The first-order valence-electron chi connectivity index (χ1n) is 7.81. The number of nitrogens with zero attached hydrogens (tertiary/aromatic N) is 3. The molecule has 2 bridgehead atoms. The lowest BCUT2D eigenvalue weighted by Crippen LogP contribution is -2.49. The van der Waals surface area contributed by atoms with Crippen LogP contribution in [0.5, 0.6) is 0 Å². The molecule has 0 spiro atoms. The van der Waals surface area contributed by atoms with E-state index in [9.17, 15) is 0 Å². The first kappa shape index (κ1) is 13.1. The highest BCUT2D eigenvalue weighted by Crippen LogP contribution is 2.35. The molecular weight excluding hydrogens is 236 g/mol. The standard InChI is InChI=1S/C15H26N4/c1-2-17-13-10-14-4-5-15(11-13)19(14)8-3-7-18-9-6-16-12-18/h6,9,12-15,17H,2-5,7-8,10-11H2,1H3. The number of hydrogen-bond donors (Lipinski definition) is 1. The normalized spacial score (nSPS) is 30.9. The van der Waals surface area contributed by atoms with Crippen LogP contribution in [0.2, 0.25) is 0 Å². The molecule has 19 heavy (non-hydrogen) atoms. The molecule has 2 aliphatic heterocycles. The molecule has 1 N–H and O–H groups in total. The average Bonchev–Trinajstić information content (AvgIpc) is 2.98. The Kier molecular flexibility index (Phi) is 4.18. The van der Waals surface area contributed by atoms with E-state index in [1.54, 1.807) is 0 Å². The van der Waals surface area contributed by atoms with Gasteiger partial charge >= 0.3 is 0 Å². The summed E-state index contributed by atoms with van der Waals surface area (Å²) < 4.78 is 2.19. The van der Waals surface area contributed by atoms with Gasteiger partial charge in [-0.3, -0.25) is 4.90 Å². The predicted octanol–water partition coefficient (Wildman–Crippen LogP) is 1.88. The van der Waals surface area contributed by atoms with Crippen LogP contribution >= 0.6 is 0 Å². The molecule has 0 saturated carbocycles. The summed E-state index contributed by atoms with van der Waals surface area (Å²) in [7, 11) is 0. The van der Waals surface area contributed by atoms with Crippen LogP contribution in [-0.2, 0) is 6.54 Å². The molecule has 0 aliphatic carbocycles. The van der Waals surface area contributed by atoms with Crippen LogP contribution in [-0.4, -0.2) is 45.7 Å². The molecule has 1 aromatic rings. The van der Waals surface area contributed by atoms with E-state index in [0.717, 1.165) is 31.2 Å². The highest BCUT2D eigenvalue weighted by Gasteiger charge is 2.39. The van der Waals surface area contributed by atoms with Gasteiger partial charge in [-0.15, -0.1) is 0 Å². The topological polar surface area (TPSA) is 33.1 Å². The molecular formula is C15H26N4. The summed E-state index contributed by atoms with van der Waals surface area (Å²) in [4.78, 5) is 6.88. The van der Waals surface area contributed by atoms with Crippen LogP contribution in [0.4, 0.5) is 0 Å². The first-order chi connectivity index (χ1) is 9.36. The molecule has 3 heterocycles. The van der Waals surface area contributed by atoms with Gasteiger partial charge in [0.05, 0.1) is 6.33 Å². The van der Waals surface area contributed by atoms with Gasteiger partial charge < -0.3 is 9.88 Å². The van der Waals surface area contributed by atoms with E-state index >= 15 is 0 Å². The van der Waals surface area contributed by atoms with E-state index in [2.05, 4.69) is 32.9 Å². The Labute approximate surface area is 116 Å². The summed E-state index contributed by atoms with van der Waals surface area (Å²) in [5, 5.41) is 3.65. The molecule has 2 atom stereocenters. The molecule has 0 aromatic carbocycles. The molecule has 106 valence electrons. The first-order valence-corrected chi connectivity index (χ1v) is 7.81. The monoisotopic (exact) mass is 262 g/mol. The van der Waals surface area contributed by atoms with Gasteiger partial charge in [-0.25, -0.2) is 4.98 Å². The van der Waals surface area contributed by atoms with Crippen LogP contribution < -0.4 is 5.32 Å². The SMILES string of the molecule is CCNC1CC2CCC(C1)N2CCCn1ccnc1. The minimum atomic E-state index is 0.771. The Balaban J connectivity index is 1.47. The van der Waals surface area contributed by atoms with Crippen molar-refractivity contribution >= 4 is 0 Å². The zero-order chi connectivity index (χ0) is 13.1. The lowest BCUT2D eigenvalue weighted by atomic mass is 9.97. The number of hydrogen-bond acceptors (Lipinski definition) is 3. The molecule has 2 fully saturated rings. The van der Waals surface area contributed by atoms with E-state index in [0.29, 0.717) is 0 Å². The molecule has 2 unspecified atom stereocenters. The van der Waals surface area contributed by atoms with Gasteiger partial charge in [0, 0.05) is 43.6 Å². The molecule has 0 amide bonds. The van der Waals surface area contributed by atoms with Gasteiger partial charge in [-0.2, -0.15) is 0 Å². The third-order valence-corrected chi connectivity index (χ3v) is 4.77. The van der Waals surface area contributed by atoms with Crippen molar-refractivity contribution in [2.75, 3.05) is 13.1 Å². The van der Waals surface area contributed by atoms with Crippen molar-refractivity contribution in [1.82, 2.24) is 19.8 Å². The number of imidazole rings is 1. The van der Waals surface area contributed by atoms with Crippen LogP contribution in [0.15, 0.2) is 18.7 Å². The molecule has 2 aliphatic rings.